The second-order valence-corrected chi connectivity index (χ2v) is 7.76. The Hall–Kier alpha value is -3.53. The fourth-order valence-corrected chi connectivity index (χ4v) is 3.95. The van der Waals surface area contributed by atoms with Gasteiger partial charge in [0.25, 0.3) is 0 Å². The van der Waals surface area contributed by atoms with Crippen molar-refractivity contribution in [1.82, 2.24) is 4.57 Å². The second-order valence-electron chi connectivity index (χ2n) is 7.76. The summed E-state index contributed by atoms with van der Waals surface area (Å²) in [5, 5.41) is 1.23. The quantitative estimate of drug-likeness (QED) is 0.307. The van der Waals surface area contributed by atoms with Crippen molar-refractivity contribution in [1.29, 1.82) is 0 Å². The number of aryl methyl sites for hydroxylation is 3. The Labute approximate surface area is 183 Å². The monoisotopic (exact) mass is 412 g/mol. The third kappa shape index (κ3) is 4.97. The highest BCUT2D eigenvalue weighted by atomic mass is 16.5. The molecule has 31 heavy (non-hydrogen) atoms. The van der Waals surface area contributed by atoms with E-state index in [1.807, 2.05) is 37.3 Å². The molecule has 4 nitrogen and oxygen atoms in total. The van der Waals surface area contributed by atoms with E-state index in [4.69, 9.17) is 10.5 Å². The van der Waals surface area contributed by atoms with Crippen molar-refractivity contribution in [3.63, 3.8) is 0 Å². The van der Waals surface area contributed by atoms with Gasteiger partial charge in [0.2, 0.25) is 0 Å². The zero-order chi connectivity index (χ0) is 21.6. The van der Waals surface area contributed by atoms with Gasteiger partial charge in [0.1, 0.15) is 0 Å². The van der Waals surface area contributed by atoms with E-state index in [2.05, 4.69) is 53.2 Å². The van der Waals surface area contributed by atoms with Gasteiger partial charge in [0, 0.05) is 29.4 Å². The maximum absolute atomic E-state index is 11.8. The van der Waals surface area contributed by atoms with Gasteiger partial charge in [0.15, 0.2) is 0 Å². The second kappa shape index (κ2) is 9.52. The highest BCUT2D eigenvalue weighted by Gasteiger charge is 2.12. The first-order valence-corrected chi connectivity index (χ1v) is 10.8. The predicted molar refractivity (Wildman–Crippen MR) is 126 cm³/mol. The van der Waals surface area contributed by atoms with Crippen LogP contribution in [0.15, 0.2) is 79.0 Å². The molecule has 4 rings (SSSR count). The first kappa shape index (κ1) is 20.7. The van der Waals surface area contributed by atoms with E-state index in [-0.39, 0.29) is 5.97 Å². The maximum Gasteiger partial charge on any atom is 0.306 e. The molecule has 0 spiro atoms. The number of anilines is 1. The zero-order valence-electron chi connectivity index (χ0n) is 17.9. The number of carbonyl (C=O) groups excluding carboxylic acids is 1. The summed E-state index contributed by atoms with van der Waals surface area (Å²) in [6.07, 6.45) is 5.24. The number of carbonyl (C=O) groups is 1. The molecule has 0 saturated carbocycles. The Morgan fingerprint density at radius 2 is 1.68 bits per heavy atom. The highest BCUT2D eigenvalue weighted by Crippen LogP contribution is 2.28. The molecule has 4 aromatic rings. The Balaban J connectivity index is 1.67. The van der Waals surface area contributed by atoms with Gasteiger partial charge in [0.05, 0.1) is 12.1 Å². The van der Waals surface area contributed by atoms with Gasteiger partial charge in [-0.2, -0.15) is 0 Å². The Bertz CT molecular complexity index is 1160. The number of nitrogens with two attached hydrogens (primary N) is 1. The van der Waals surface area contributed by atoms with Crippen LogP contribution in [0.5, 0.6) is 0 Å². The van der Waals surface area contributed by atoms with E-state index in [9.17, 15) is 4.79 Å². The van der Waals surface area contributed by atoms with Crippen LogP contribution in [-0.2, 0) is 28.8 Å². The molecule has 1 aromatic heterocycles. The molecule has 0 bridgehead atoms. The lowest BCUT2D eigenvalue weighted by molar-refractivity contribution is -0.143. The predicted octanol–water partition coefficient (Wildman–Crippen LogP) is 5.49. The Morgan fingerprint density at radius 1 is 0.903 bits per heavy atom. The summed E-state index contributed by atoms with van der Waals surface area (Å²) in [6.45, 7) is 2.26. The fourth-order valence-electron chi connectivity index (χ4n) is 3.95. The summed E-state index contributed by atoms with van der Waals surface area (Å²) < 4.78 is 7.31. The minimum Gasteiger partial charge on any atom is -0.466 e. The average Bonchev–Trinajstić information content (AvgIpc) is 3.15. The number of fused-ring (bicyclic) bond motifs is 1. The van der Waals surface area contributed by atoms with E-state index >= 15 is 0 Å². The SMILES string of the molecule is CCOC(=O)CCc1ccc2c(c1)c(CCc1ccccc1)cn2-c1ccc(N)cc1. The van der Waals surface area contributed by atoms with Crippen molar-refractivity contribution in [3.05, 3.63) is 95.7 Å². The number of benzene rings is 3. The molecule has 0 unspecified atom stereocenters. The van der Waals surface area contributed by atoms with Crippen molar-refractivity contribution in [2.24, 2.45) is 0 Å². The highest BCUT2D eigenvalue weighted by molar-refractivity contribution is 5.86. The van der Waals surface area contributed by atoms with E-state index in [1.165, 1.54) is 16.5 Å². The van der Waals surface area contributed by atoms with Crippen LogP contribution in [0.2, 0.25) is 0 Å². The minimum atomic E-state index is -0.147. The van der Waals surface area contributed by atoms with Crippen LogP contribution >= 0.6 is 0 Å². The van der Waals surface area contributed by atoms with E-state index in [0.717, 1.165) is 35.3 Å². The number of rotatable bonds is 8. The Morgan fingerprint density at radius 3 is 2.42 bits per heavy atom. The summed E-state index contributed by atoms with van der Waals surface area (Å²) in [4.78, 5) is 11.8. The van der Waals surface area contributed by atoms with Crippen LogP contribution in [0.3, 0.4) is 0 Å². The van der Waals surface area contributed by atoms with Crippen LogP contribution in [0.1, 0.15) is 30.0 Å². The van der Waals surface area contributed by atoms with Crippen molar-refractivity contribution in [3.8, 4) is 5.69 Å². The van der Waals surface area contributed by atoms with Gasteiger partial charge in [-0.05, 0) is 79.3 Å². The van der Waals surface area contributed by atoms with Crippen LogP contribution in [0.4, 0.5) is 5.69 Å². The molecule has 1 heterocycles. The standard InChI is InChI=1S/C27H28N2O2/c1-2-31-27(30)17-10-21-9-16-26-25(18-21)22(11-8-20-6-4-3-5-7-20)19-29(26)24-14-12-23(28)13-15-24/h3-7,9,12-16,18-19H,2,8,10-11,17,28H2,1H3. The van der Waals surface area contributed by atoms with Crippen molar-refractivity contribution in [2.45, 2.75) is 32.6 Å². The molecule has 3 aromatic carbocycles. The smallest absolute Gasteiger partial charge is 0.306 e. The first-order valence-electron chi connectivity index (χ1n) is 10.8. The van der Waals surface area contributed by atoms with E-state index in [1.54, 1.807) is 0 Å². The molecule has 2 N–H and O–H groups in total. The summed E-state index contributed by atoms with van der Waals surface area (Å²) in [7, 11) is 0. The third-order valence-electron chi connectivity index (χ3n) is 5.57. The molecule has 0 fully saturated rings. The zero-order valence-corrected chi connectivity index (χ0v) is 17.9. The number of nitrogen functional groups attached to an aromatic ring is 1. The topological polar surface area (TPSA) is 57.2 Å². The van der Waals surface area contributed by atoms with Gasteiger partial charge in [-0.25, -0.2) is 0 Å². The molecule has 0 aliphatic rings. The van der Waals surface area contributed by atoms with Crippen LogP contribution in [-0.4, -0.2) is 17.1 Å². The normalized spacial score (nSPS) is 11.0. The molecule has 0 aliphatic heterocycles. The molecule has 0 radical (unpaired) electrons. The van der Waals surface area contributed by atoms with Crippen LogP contribution in [0, 0.1) is 0 Å². The van der Waals surface area contributed by atoms with Crippen molar-refractivity contribution < 1.29 is 9.53 Å². The van der Waals surface area contributed by atoms with Crippen LogP contribution < -0.4 is 5.73 Å². The lowest BCUT2D eigenvalue weighted by atomic mass is 10.0. The summed E-state index contributed by atoms with van der Waals surface area (Å²) in [5.74, 6) is -0.147. The first-order chi connectivity index (χ1) is 15.1. The lowest BCUT2D eigenvalue weighted by Gasteiger charge is -2.07. The molecular formula is C27H28N2O2. The van der Waals surface area contributed by atoms with Gasteiger partial charge < -0.3 is 15.0 Å². The van der Waals surface area contributed by atoms with Gasteiger partial charge in [-0.3, -0.25) is 4.79 Å². The number of hydrogen-bond donors (Lipinski definition) is 1. The minimum absolute atomic E-state index is 0.147. The molecule has 0 amide bonds. The number of nitrogens with zero attached hydrogens (tertiary/aromatic N) is 1. The van der Waals surface area contributed by atoms with Gasteiger partial charge in [-0.1, -0.05) is 36.4 Å². The number of ether oxygens (including phenoxy) is 1. The lowest BCUT2D eigenvalue weighted by Crippen LogP contribution is -2.05. The Kier molecular flexibility index (Phi) is 6.37. The average molecular weight is 413 g/mol. The van der Waals surface area contributed by atoms with E-state index < -0.39 is 0 Å². The number of aromatic nitrogens is 1. The van der Waals surface area contributed by atoms with Crippen molar-refractivity contribution >= 4 is 22.6 Å². The molecule has 0 saturated heterocycles. The van der Waals surface area contributed by atoms with Crippen LogP contribution in [0.25, 0.3) is 16.6 Å². The molecule has 0 aliphatic carbocycles. The largest absolute Gasteiger partial charge is 0.466 e. The molecule has 0 atom stereocenters. The number of hydrogen-bond acceptors (Lipinski definition) is 3. The fraction of sp³-hybridized carbons (Fsp3) is 0.222. The third-order valence-corrected chi connectivity index (χ3v) is 5.57. The summed E-state index contributed by atoms with van der Waals surface area (Å²) >= 11 is 0. The van der Waals surface area contributed by atoms with Gasteiger partial charge in [-0.15, -0.1) is 0 Å². The molecule has 4 heteroatoms. The molecular weight excluding hydrogens is 384 g/mol. The summed E-state index contributed by atoms with van der Waals surface area (Å²) in [6, 6.07) is 25.0. The van der Waals surface area contributed by atoms with E-state index in [0.29, 0.717) is 19.4 Å². The van der Waals surface area contributed by atoms with Gasteiger partial charge >= 0.3 is 5.97 Å². The maximum atomic E-state index is 11.8. The number of esters is 1. The molecule has 158 valence electrons. The van der Waals surface area contributed by atoms with Crippen molar-refractivity contribution in [2.75, 3.05) is 12.3 Å². The summed E-state index contributed by atoms with van der Waals surface area (Å²) in [5.41, 5.74) is 12.7.